The predicted octanol–water partition coefficient (Wildman–Crippen LogP) is 2.64. The van der Waals surface area contributed by atoms with Crippen molar-refractivity contribution in [3.63, 3.8) is 0 Å². The van der Waals surface area contributed by atoms with Gasteiger partial charge < -0.3 is 19.1 Å². The highest BCUT2D eigenvalue weighted by Crippen LogP contribution is 2.28. The Morgan fingerprint density at radius 1 is 1.15 bits per heavy atom. The van der Waals surface area contributed by atoms with E-state index in [4.69, 9.17) is 14.2 Å². The van der Waals surface area contributed by atoms with Gasteiger partial charge in [0.05, 0.1) is 32.1 Å². The average molecular weight is 455 g/mol. The van der Waals surface area contributed by atoms with Crippen molar-refractivity contribution in [3.8, 4) is 6.01 Å². The summed E-state index contributed by atoms with van der Waals surface area (Å²) in [6.45, 7) is 17.8. The van der Waals surface area contributed by atoms with Gasteiger partial charge in [-0.15, -0.1) is 0 Å². The molecule has 3 aliphatic rings. The number of anilines is 2. The molecule has 1 saturated carbocycles. The third-order valence-electron chi connectivity index (χ3n) is 5.82. The van der Waals surface area contributed by atoms with Crippen LogP contribution in [-0.4, -0.2) is 86.3 Å². The van der Waals surface area contributed by atoms with Crippen molar-refractivity contribution >= 4 is 17.3 Å². The molecule has 4 rings (SSSR count). The molecule has 178 valence electrons. The number of morpholine rings is 2. The monoisotopic (exact) mass is 454 g/mol. The number of hydrogen-bond acceptors (Lipinski definition) is 9. The molecule has 0 aromatic carbocycles. The maximum atomic E-state index is 5.96. The summed E-state index contributed by atoms with van der Waals surface area (Å²) in [5, 5.41) is 4.64. The van der Waals surface area contributed by atoms with Gasteiger partial charge in [0.25, 0.3) is 0 Å². The lowest BCUT2D eigenvalue weighted by Crippen LogP contribution is -2.39. The molecule has 2 aliphatic heterocycles. The van der Waals surface area contributed by atoms with E-state index in [0.29, 0.717) is 31.6 Å². The maximum Gasteiger partial charge on any atom is 0.320 e. The second-order valence-electron chi connectivity index (χ2n) is 8.47. The van der Waals surface area contributed by atoms with Gasteiger partial charge in [0.1, 0.15) is 12.4 Å². The normalized spacial score (nSPS) is 22.2. The Kier molecular flexibility index (Phi) is 8.09. The van der Waals surface area contributed by atoms with E-state index in [-0.39, 0.29) is 0 Å². The van der Waals surface area contributed by atoms with Crippen LogP contribution in [0.15, 0.2) is 47.1 Å². The van der Waals surface area contributed by atoms with Crippen LogP contribution in [-0.2, 0) is 9.47 Å². The molecule has 0 unspecified atom stereocenters. The van der Waals surface area contributed by atoms with Crippen LogP contribution in [0, 0.1) is 0 Å². The van der Waals surface area contributed by atoms with Crippen LogP contribution in [0.3, 0.4) is 0 Å². The molecule has 0 spiro atoms. The van der Waals surface area contributed by atoms with Crippen LogP contribution >= 0.6 is 0 Å². The lowest BCUT2D eigenvalue weighted by molar-refractivity contribution is 0.0317. The van der Waals surface area contributed by atoms with Gasteiger partial charge in [-0.1, -0.05) is 24.8 Å². The maximum absolute atomic E-state index is 5.96. The van der Waals surface area contributed by atoms with E-state index in [0.717, 1.165) is 87.0 Å². The summed E-state index contributed by atoms with van der Waals surface area (Å²) in [4.78, 5) is 13.7. The average Bonchev–Trinajstić information content (AvgIpc) is 3.17. The van der Waals surface area contributed by atoms with E-state index in [1.54, 1.807) is 0 Å². The molecule has 9 nitrogen and oxygen atoms in total. The molecule has 2 saturated heterocycles. The Morgan fingerprint density at radius 2 is 1.88 bits per heavy atom. The van der Waals surface area contributed by atoms with Crippen LogP contribution in [0.4, 0.5) is 11.6 Å². The first-order valence-corrected chi connectivity index (χ1v) is 11.6. The number of hydrazone groups is 1. The zero-order chi connectivity index (χ0) is 23.0. The second kappa shape index (κ2) is 11.4. The van der Waals surface area contributed by atoms with E-state index < -0.39 is 0 Å². The van der Waals surface area contributed by atoms with Crippen LogP contribution < -0.4 is 15.1 Å². The van der Waals surface area contributed by atoms with E-state index in [9.17, 15) is 0 Å². The lowest BCUT2D eigenvalue weighted by Gasteiger charge is -2.28. The second-order valence-corrected chi connectivity index (χ2v) is 8.47. The molecule has 1 aliphatic carbocycles. The molecular weight excluding hydrogens is 420 g/mol. The number of nitrogens with zero attached hydrogens (tertiary/aromatic N) is 5. The fraction of sp³-hybridized carbons (Fsp3) is 0.542. The Morgan fingerprint density at radius 3 is 2.61 bits per heavy atom. The first-order chi connectivity index (χ1) is 16.1. The van der Waals surface area contributed by atoms with E-state index in [1.165, 1.54) is 0 Å². The molecule has 3 fully saturated rings. The third-order valence-corrected chi connectivity index (χ3v) is 5.82. The predicted molar refractivity (Wildman–Crippen MR) is 130 cm³/mol. The van der Waals surface area contributed by atoms with Crippen LogP contribution in [0.5, 0.6) is 6.01 Å². The van der Waals surface area contributed by atoms with Gasteiger partial charge in [0, 0.05) is 44.4 Å². The number of aromatic nitrogens is 2. The standard InChI is InChI=1S/C24H34N6O3/c1-18(2)16-20-19(3)4-5-21(20)27-28-22-17-23(30-9-13-32-14-10-30)26-24(25-22)33-15-8-29-6-11-31-12-7-29/h16-17H,1,3-15H2,2H3,(H,25,26,28)/b20-16+,27-21+. The van der Waals surface area contributed by atoms with Gasteiger partial charge in [0.2, 0.25) is 0 Å². The highest BCUT2D eigenvalue weighted by Gasteiger charge is 2.20. The Bertz CT molecular complexity index is 917. The zero-order valence-electron chi connectivity index (χ0n) is 19.5. The Labute approximate surface area is 195 Å². The van der Waals surface area contributed by atoms with Crippen LogP contribution in [0.1, 0.15) is 19.8 Å². The van der Waals surface area contributed by atoms with E-state index >= 15 is 0 Å². The van der Waals surface area contributed by atoms with Crippen molar-refractivity contribution in [1.29, 1.82) is 0 Å². The molecule has 0 atom stereocenters. The molecule has 1 N–H and O–H groups in total. The highest BCUT2D eigenvalue weighted by molar-refractivity contribution is 6.07. The summed E-state index contributed by atoms with van der Waals surface area (Å²) in [7, 11) is 0. The third kappa shape index (κ3) is 6.63. The molecule has 1 aromatic rings. The summed E-state index contributed by atoms with van der Waals surface area (Å²) in [6.07, 6.45) is 3.78. The molecular formula is C24H34N6O3. The molecule has 1 aromatic heterocycles. The van der Waals surface area contributed by atoms with Crippen molar-refractivity contribution in [1.82, 2.24) is 14.9 Å². The number of rotatable bonds is 8. The number of nitrogens with one attached hydrogen (secondary N) is 1. The minimum atomic E-state index is 0.350. The summed E-state index contributed by atoms with van der Waals surface area (Å²) < 4.78 is 16.9. The zero-order valence-corrected chi connectivity index (χ0v) is 19.5. The minimum Gasteiger partial charge on any atom is -0.462 e. The van der Waals surface area contributed by atoms with Gasteiger partial charge in [-0.3, -0.25) is 10.3 Å². The molecule has 0 bridgehead atoms. The molecule has 3 heterocycles. The Hall–Kier alpha value is -2.75. The largest absolute Gasteiger partial charge is 0.462 e. The first kappa shape index (κ1) is 23.4. The summed E-state index contributed by atoms with van der Waals surface area (Å²) in [5.41, 5.74) is 7.21. The molecule has 0 radical (unpaired) electrons. The van der Waals surface area contributed by atoms with E-state index in [2.05, 4.69) is 43.5 Å². The van der Waals surface area contributed by atoms with Gasteiger partial charge in [-0.05, 0) is 25.3 Å². The summed E-state index contributed by atoms with van der Waals surface area (Å²) >= 11 is 0. The quantitative estimate of drug-likeness (QED) is 0.600. The van der Waals surface area contributed by atoms with Crippen LogP contribution in [0.2, 0.25) is 0 Å². The highest BCUT2D eigenvalue weighted by atomic mass is 16.5. The fourth-order valence-corrected chi connectivity index (χ4v) is 4.00. The topological polar surface area (TPSA) is 84.3 Å². The van der Waals surface area contributed by atoms with Gasteiger partial charge in [0.15, 0.2) is 5.82 Å². The van der Waals surface area contributed by atoms with Crippen LogP contribution in [0.25, 0.3) is 0 Å². The van der Waals surface area contributed by atoms with Crippen molar-refractivity contribution in [2.24, 2.45) is 5.10 Å². The van der Waals surface area contributed by atoms with Gasteiger partial charge >= 0.3 is 6.01 Å². The number of hydrogen-bond donors (Lipinski definition) is 1. The van der Waals surface area contributed by atoms with E-state index in [1.807, 2.05) is 19.1 Å². The van der Waals surface area contributed by atoms with Crippen molar-refractivity contribution in [3.05, 3.63) is 42.0 Å². The summed E-state index contributed by atoms with van der Waals surface area (Å²) in [5.74, 6) is 1.42. The number of allylic oxidation sites excluding steroid dienone is 4. The SMILES string of the molecule is C=C(C)/C=C1\C(=C)CC\C1=N/Nc1cc(N2CCOCC2)nc(OCCN2CCOCC2)n1. The van der Waals surface area contributed by atoms with Crippen molar-refractivity contribution in [2.75, 3.05) is 76.1 Å². The molecule has 0 amide bonds. The minimum absolute atomic E-state index is 0.350. The Balaban J connectivity index is 1.48. The fourth-order valence-electron chi connectivity index (χ4n) is 4.00. The van der Waals surface area contributed by atoms with Gasteiger partial charge in [-0.25, -0.2) is 0 Å². The lowest BCUT2D eigenvalue weighted by atomic mass is 10.1. The first-order valence-electron chi connectivity index (χ1n) is 11.6. The molecule has 9 heteroatoms. The van der Waals surface area contributed by atoms with Crippen molar-refractivity contribution < 1.29 is 14.2 Å². The summed E-state index contributed by atoms with van der Waals surface area (Å²) in [6, 6.07) is 2.26. The molecule has 33 heavy (non-hydrogen) atoms. The number of ether oxygens (including phenoxy) is 3. The van der Waals surface area contributed by atoms with Gasteiger partial charge in [-0.2, -0.15) is 15.1 Å². The van der Waals surface area contributed by atoms with Crippen molar-refractivity contribution in [2.45, 2.75) is 19.8 Å². The smallest absolute Gasteiger partial charge is 0.320 e.